The number of likely N-dealkylation sites (N-methyl/N-ethyl adjacent to an activating group) is 1. The highest BCUT2D eigenvalue weighted by Gasteiger charge is 2.11. The third-order valence-electron chi connectivity index (χ3n) is 3.76. The van der Waals surface area contributed by atoms with E-state index in [1.165, 1.54) is 12.1 Å². The number of halogens is 1. The van der Waals surface area contributed by atoms with Gasteiger partial charge in [0.25, 0.3) is 0 Å². The molecule has 0 bridgehead atoms. The Balaban J connectivity index is 1.68. The molecule has 1 amide bonds. The Morgan fingerprint density at radius 2 is 1.83 bits per heavy atom. The molecule has 0 fully saturated rings. The quantitative estimate of drug-likeness (QED) is 0.738. The van der Waals surface area contributed by atoms with Gasteiger partial charge in [-0.1, -0.05) is 30.3 Å². The molecular weight excluding hydrogens is 291 g/mol. The topological polar surface area (TPSA) is 33.2 Å². The van der Waals surface area contributed by atoms with E-state index in [4.69, 9.17) is 0 Å². The molecule has 23 heavy (non-hydrogen) atoms. The van der Waals surface area contributed by atoms with Crippen molar-refractivity contribution in [1.29, 1.82) is 0 Å². The lowest BCUT2D eigenvalue weighted by atomic mass is 10.1. The van der Waals surface area contributed by atoms with Crippen molar-refractivity contribution in [2.45, 2.75) is 13.0 Å². The molecule has 2 aromatic carbocycles. The number of carbonyl (C=O) groups excluding carboxylic acids is 1. The van der Waals surface area contributed by atoms with Crippen LogP contribution in [0, 0.1) is 5.82 Å². The van der Waals surface area contributed by atoms with E-state index < -0.39 is 0 Å². The van der Waals surface area contributed by atoms with Gasteiger partial charge in [0, 0.05) is 25.2 Å². The average Bonchev–Trinajstić information content (AvgIpc) is 2.56. The van der Waals surface area contributed by atoms with Gasteiger partial charge < -0.3 is 4.90 Å². The van der Waals surface area contributed by atoms with Crippen molar-refractivity contribution in [2.24, 2.45) is 0 Å². The van der Waals surface area contributed by atoms with Gasteiger partial charge in [-0.2, -0.15) is 0 Å². The van der Waals surface area contributed by atoms with Crippen LogP contribution in [0.1, 0.15) is 11.1 Å². The summed E-state index contributed by atoms with van der Waals surface area (Å²) in [5.74, 6) is -0.304. The van der Waals surface area contributed by atoms with Gasteiger partial charge in [-0.3, -0.25) is 9.78 Å². The Kier molecular flexibility index (Phi) is 4.33. The molecule has 0 atom stereocenters. The van der Waals surface area contributed by atoms with Crippen LogP contribution in [-0.2, 0) is 17.8 Å². The van der Waals surface area contributed by atoms with Crippen molar-refractivity contribution in [3.05, 3.63) is 77.7 Å². The summed E-state index contributed by atoms with van der Waals surface area (Å²) in [6, 6.07) is 16.0. The molecule has 0 saturated carbocycles. The molecular formula is C19H17FN2O. The molecule has 0 N–H and O–H groups in total. The molecule has 3 rings (SSSR count). The van der Waals surface area contributed by atoms with Crippen molar-refractivity contribution in [1.82, 2.24) is 9.88 Å². The summed E-state index contributed by atoms with van der Waals surface area (Å²) in [6.07, 6.45) is 2.06. The van der Waals surface area contributed by atoms with Crippen LogP contribution in [0.4, 0.5) is 4.39 Å². The summed E-state index contributed by atoms with van der Waals surface area (Å²) in [4.78, 5) is 18.3. The van der Waals surface area contributed by atoms with Gasteiger partial charge in [0.05, 0.1) is 11.9 Å². The minimum absolute atomic E-state index is 0.00948. The van der Waals surface area contributed by atoms with Crippen LogP contribution >= 0.6 is 0 Å². The molecule has 0 aliphatic rings. The van der Waals surface area contributed by atoms with E-state index in [1.807, 2.05) is 30.3 Å². The summed E-state index contributed by atoms with van der Waals surface area (Å²) in [6.45, 7) is 0.498. The lowest BCUT2D eigenvalue weighted by molar-refractivity contribution is -0.129. The number of benzene rings is 2. The number of rotatable bonds is 4. The van der Waals surface area contributed by atoms with E-state index in [0.29, 0.717) is 6.54 Å². The molecule has 0 unspecified atom stereocenters. The molecule has 0 radical (unpaired) electrons. The number of aromatic nitrogens is 1. The number of hydrogen-bond acceptors (Lipinski definition) is 2. The Bertz CT molecular complexity index is 830. The van der Waals surface area contributed by atoms with Crippen LogP contribution in [0.15, 0.2) is 60.8 Å². The lowest BCUT2D eigenvalue weighted by Crippen LogP contribution is -2.27. The number of para-hydroxylation sites is 1. The lowest BCUT2D eigenvalue weighted by Gasteiger charge is -2.17. The van der Waals surface area contributed by atoms with E-state index in [9.17, 15) is 9.18 Å². The Morgan fingerprint density at radius 1 is 1.09 bits per heavy atom. The first-order valence-corrected chi connectivity index (χ1v) is 7.44. The maximum Gasteiger partial charge on any atom is 0.227 e. The average molecular weight is 308 g/mol. The largest absolute Gasteiger partial charge is 0.341 e. The number of pyridine rings is 1. The molecule has 1 aromatic heterocycles. The van der Waals surface area contributed by atoms with Crippen molar-refractivity contribution in [3.63, 3.8) is 0 Å². The van der Waals surface area contributed by atoms with Gasteiger partial charge in [-0.25, -0.2) is 4.39 Å². The second-order valence-electron chi connectivity index (χ2n) is 5.59. The van der Waals surface area contributed by atoms with E-state index in [2.05, 4.69) is 4.98 Å². The summed E-state index contributed by atoms with van der Waals surface area (Å²) >= 11 is 0. The second-order valence-corrected chi connectivity index (χ2v) is 5.59. The fraction of sp³-hybridized carbons (Fsp3) is 0.158. The summed E-state index contributed by atoms with van der Waals surface area (Å²) < 4.78 is 12.9. The van der Waals surface area contributed by atoms with Crippen LogP contribution < -0.4 is 0 Å². The first kappa shape index (κ1) is 15.2. The first-order valence-electron chi connectivity index (χ1n) is 7.44. The molecule has 0 spiro atoms. The maximum atomic E-state index is 12.9. The second kappa shape index (κ2) is 6.57. The van der Waals surface area contributed by atoms with Gasteiger partial charge >= 0.3 is 0 Å². The number of carbonyl (C=O) groups is 1. The summed E-state index contributed by atoms with van der Waals surface area (Å²) in [5, 5.41) is 1.06. The Hall–Kier alpha value is -2.75. The van der Waals surface area contributed by atoms with Crippen molar-refractivity contribution < 1.29 is 9.18 Å². The molecule has 0 aliphatic heterocycles. The van der Waals surface area contributed by atoms with Gasteiger partial charge in [0.1, 0.15) is 5.82 Å². The Morgan fingerprint density at radius 3 is 2.61 bits per heavy atom. The predicted octanol–water partition coefficient (Wildman–Crippen LogP) is 3.58. The van der Waals surface area contributed by atoms with Crippen molar-refractivity contribution in [3.8, 4) is 0 Å². The molecule has 0 aliphatic carbocycles. The van der Waals surface area contributed by atoms with Crippen LogP contribution in [0.3, 0.4) is 0 Å². The maximum absolute atomic E-state index is 12.9. The van der Waals surface area contributed by atoms with E-state index in [1.54, 1.807) is 30.3 Å². The zero-order valence-electron chi connectivity index (χ0n) is 12.9. The molecule has 3 aromatic rings. The van der Waals surface area contributed by atoms with Gasteiger partial charge in [0.15, 0.2) is 0 Å². The molecule has 1 heterocycles. The highest BCUT2D eigenvalue weighted by atomic mass is 19.1. The number of hydrogen-bond donors (Lipinski definition) is 0. The zero-order chi connectivity index (χ0) is 16.2. The third kappa shape index (κ3) is 3.72. The molecule has 3 nitrogen and oxygen atoms in total. The highest BCUT2D eigenvalue weighted by molar-refractivity contribution is 5.80. The molecule has 0 saturated heterocycles. The normalized spacial score (nSPS) is 10.7. The van der Waals surface area contributed by atoms with E-state index in [0.717, 1.165) is 22.0 Å². The minimum atomic E-state index is -0.295. The van der Waals surface area contributed by atoms with Crippen LogP contribution in [-0.4, -0.2) is 22.8 Å². The third-order valence-corrected chi connectivity index (χ3v) is 3.76. The number of fused-ring (bicyclic) bond motifs is 1. The Labute approximate surface area is 134 Å². The summed E-state index contributed by atoms with van der Waals surface area (Å²) in [5.41, 5.74) is 2.73. The zero-order valence-corrected chi connectivity index (χ0v) is 12.9. The van der Waals surface area contributed by atoms with Crippen LogP contribution in [0.25, 0.3) is 10.9 Å². The van der Waals surface area contributed by atoms with Gasteiger partial charge in [-0.15, -0.1) is 0 Å². The van der Waals surface area contributed by atoms with Gasteiger partial charge in [0.2, 0.25) is 5.91 Å². The predicted molar refractivity (Wildman–Crippen MR) is 88.3 cm³/mol. The highest BCUT2D eigenvalue weighted by Crippen LogP contribution is 2.14. The standard InChI is InChI=1S/C19H17FN2O/c1-22(19(23)11-14-6-8-17(20)9-7-14)13-15-10-16-4-2-3-5-18(16)21-12-15/h2-10,12H,11,13H2,1H3. The number of nitrogens with zero attached hydrogens (tertiary/aromatic N) is 2. The van der Waals surface area contributed by atoms with E-state index in [-0.39, 0.29) is 18.1 Å². The van der Waals surface area contributed by atoms with Gasteiger partial charge in [-0.05, 0) is 35.4 Å². The van der Waals surface area contributed by atoms with Crippen LogP contribution in [0.5, 0.6) is 0 Å². The monoisotopic (exact) mass is 308 g/mol. The smallest absolute Gasteiger partial charge is 0.227 e. The molecule has 116 valence electrons. The number of amides is 1. The van der Waals surface area contributed by atoms with Crippen molar-refractivity contribution >= 4 is 16.8 Å². The van der Waals surface area contributed by atoms with Crippen molar-refractivity contribution in [2.75, 3.05) is 7.05 Å². The first-order chi connectivity index (χ1) is 11.1. The minimum Gasteiger partial charge on any atom is -0.341 e. The summed E-state index contributed by atoms with van der Waals surface area (Å²) in [7, 11) is 1.76. The fourth-order valence-electron chi connectivity index (χ4n) is 2.48. The SMILES string of the molecule is CN(Cc1cnc2ccccc2c1)C(=O)Cc1ccc(F)cc1. The van der Waals surface area contributed by atoms with Crippen LogP contribution in [0.2, 0.25) is 0 Å². The fourth-order valence-corrected chi connectivity index (χ4v) is 2.48. The molecule has 4 heteroatoms. The van der Waals surface area contributed by atoms with E-state index >= 15 is 0 Å².